The van der Waals surface area contributed by atoms with Crippen LogP contribution in [0.4, 0.5) is 0 Å². The zero-order chi connectivity index (χ0) is 18.4. The quantitative estimate of drug-likeness (QED) is 0.683. The Kier molecular flexibility index (Phi) is 9.03. The molecule has 0 radical (unpaired) electrons. The average molecular weight is 404 g/mol. The van der Waals surface area contributed by atoms with Crippen molar-refractivity contribution in [1.82, 2.24) is 14.9 Å². The number of amides is 1. The number of carbonyl (C=O) groups excluding carboxylic acids is 1. The van der Waals surface area contributed by atoms with E-state index >= 15 is 0 Å². The van der Waals surface area contributed by atoms with Crippen molar-refractivity contribution in [1.29, 1.82) is 0 Å². The van der Waals surface area contributed by atoms with Crippen LogP contribution in [0.5, 0.6) is 0 Å². The molecule has 2 N–H and O–H groups in total. The van der Waals surface area contributed by atoms with Gasteiger partial charge in [-0.3, -0.25) is 4.79 Å². The van der Waals surface area contributed by atoms with Crippen molar-refractivity contribution >= 4 is 28.3 Å². The van der Waals surface area contributed by atoms with E-state index in [9.17, 15) is 13.2 Å². The van der Waals surface area contributed by atoms with Gasteiger partial charge in [0, 0.05) is 25.2 Å². The minimum Gasteiger partial charge on any atom is -0.352 e. The molecule has 1 aliphatic heterocycles. The predicted molar refractivity (Wildman–Crippen MR) is 106 cm³/mol. The molecule has 8 heteroatoms. The topological polar surface area (TPSA) is 78.5 Å². The summed E-state index contributed by atoms with van der Waals surface area (Å²) in [4.78, 5) is 12.4. The summed E-state index contributed by atoms with van der Waals surface area (Å²) in [5.74, 6) is 0.447. The molecule has 6 nitrogen and oxygen atoms in total. The molecule has 1 saturated heterocycles. The van der Waals surface area contributed by atoms with Gasteiger partial charge in [0.1, 0.15) is 0 Å². The summed E-state index contributed by atoms with van der Waals surface area (Å²) < 4.78 is 27.4. The largest absolute Gasteiger partial charge is 0.352 e. The fraction of sp³-hybridized carbons (Fsp3) is 0.611. The van der Waals surface area contributed by atoms with Crippen molar-refractivity contribution in [3.63, 3.8) is 0 Å². The lowest BCUT2D eigenvalue weighted by Crippen LogP contribution is -2.42. The number of hydrogen-bond acceptors (Lipinski definition) is 4. The molecule has 1 aromatic rings. The lowest BCUT2D eigenvalue weighted by atomic mass is 9.94. The van der Waals surface area contributed by atoms with Crippen molar-refractivity contribution in [2.24, 2.45) is 11.8 Å². The lowest BCUT2D eigenvalue weighted by molar-refractivity contribution is 0.0953. The number of carbonyl (C=O) groups is 1. The summed E-state index contributed by atoms with van der Waals surface area (Å²) in [7, 11) is -1.71. The highest BCUT2D eigenvalue weighted by atomic mass is 35.5. The first-order valence-electron chi connectivity index (χ1n) is 8.87. The van der Waals surface area contributed by atoms with E-state index in [0.717, 1.165) is 19.4 Å². The maximum absolute atomic E-state index is 12.9. The molecule has 0 bridgehead atoms. The Labute approximate surface area is 163 Å². The smallest absolute Gasteiger partial charge is 0.251 e. The molecule has 148 valence electrons. The highest BCUT2D eigenvalue weighted by molar-refractivity contribution is 7.89. The molecule has 1 amide bonds. The Morgan fingerprint density at radius 2 is 1.85 bits per heavy atom. The van der Waals surface area contributed by atoms with Gasteiger partial charge in [0.2, 0.25) is 10.0 Å². The first-order chi connectivity index (χ1) is 11.8. The van der Waals surface area contributed by atoms with Crippen LogP contribution in [0.3, 0.4) is 0 Å². The van der Waals surface area contributed by atoms with Crippen molar-refractivity contribution < 1.29 is 13.2 Å². The summed E-state index contributed by atoms with van der Waals surface area (Å²) in [6.07, 6.45) is 1.87. The van der Waals surface area contributed by atoms with E-state index in [1.807, 2.05) is 7.05 Å². The van der Waals surface area contributed by atoms with Crippen molar-refractivity contribution in [3.8, 4) is 0 Å². The van der Waals surface area contributed by atoms with E-state index in [4.69, 9.17) is 0 Å². The predicted octanol–water partition coefficient (Wildman–Crippen LogP) is 2.11. The highest BCUT2D eigenvalue weighted by Gasteiger charge is 2.31. The molecule has 2 unspecified atom stereocenters. The summed E-state index contributed by atoms with van der Waals surface area (Å²) in [5.41, 5.74) is 0.378. The van der Waals surface area contributed by atoms with Crippen LogP contribution in [0.2, 0.25) is 0 Å². The standard InChI is InChI=1S/C18H29N3O3S.ClH/c1-14-10-15(2)13-21(12-14)25(23,24)17-7-4-6-16(11-17)18(22)20-9-5-8-19-3;/h4,6-7,11,14-15,19H,5,8-10,12-13H2,1-3H3,(H,20,22);1H. The monoisotopic (exact) mass is 403 g/mol. The third-order valence-electron chi connectivity index (χ3n) is 4.46. The molecular formula is C18H30ClN3O3S. The van der Waals surface area contributed by atoms with Gasteiger partial charge in [-0.05, 0) is 56.5 Å². The van der Waals surface area contributed by atoms with Gasteiger partial charge in [0.25, 0.3) is 5.91 Å². The number of nitrogens with zero attached hydrogens (tertiary/aromatic N) is 1. The van der Waals surface area contributed by atoms with Crippen LogP contribution in [0.1, 0.15) is 37.0 Å². The fourth-order valence-electron chi connectivity index (χ4n) is 3.32. The lowest BCUT2D eigenvalue weighted by Gasteiger charge is -2.34. The van der Waals surface area contributed by atoms with Gasteiger partial charge in [0.15, 0.2) is 0 Å². The Morgan fingerprint density at radius 3 is 2.46 bits per heavy atom. The number of hydrogen-bond donors (Lipinski definition) is 2. The number of nitrogens with one attached hydrogen (secondary N) is 2. The minimum atomic E-state index is -3.57. The molecule has 1 fully saturated rings. The van der Waals surface area contributed by atoms with Crippen LogP contribution >= 0.6 is 12.4 Å². The van der Waals surface area contributed by atoms with Gasteiger partial charge in [0.05, 0.1) is 4.90 Å². The molecule has 26 heavy (non-hydrogen) atoms. The van der Waals surface area contributed by atoms with Crippen LogP contribution in [0.15, 0.2) is 29.2 Å². The Balaban J connectivity index is 0.00000338. The SMILES string of the molecule is CNCCCNC(=O)c1cccc(S(=O)(=O)N2CC(C)CC(C)C2)c1.Cl. The third kappa shape index (κ3) is 5.94. The number of benzene rings is 1. The second-order valence-electron chi connectivity index (χ2n) is 7.01. The second-order valence-corrected chi connectivity index (χ2v) is 8.95. The Hall–Kier alpha value is -1.15. The zero-order valence-electron chi connectivity index (χ0n) is 15.7. The first-order valence-corrected chi connectivity index (χ1v) is 10.3. The van der Waals surface area contributed by atoms with E-state index < -0.39 is 10.0 Å². The normalized spacial score (nSPS) is 21.0. The van der Waals surface area contributed by atoms with Gasteiger partial charge < -0.3 is 10.6 Å². The molecule has 0 saturated carbocycles. The fourth-order valence-corrected chi connectivity index (χ4v) is 5.04. The van der Waals surface area contributed by atoms with Gasteiger partial charge in [-0.25, -0.2) is 8.42 Å². The number of halogens is 1. The van der Waals surface area contributed by atoms with E-state index in [1.165, 1.54) is 6.07 Å². The zero-order valence-corrected chi connectivity index (χ0v) is 17.3. The number of rotatable bonds is 7. The van der Waals surface area contributed by atoms with Gasteiger partial charge in [-0.15, -0.1) is 12.4 Å². The van der Waals surface area contributed by atoms with Gasteiger partial charge in [-0.1, -0.05) is 19.9 Å². The van der Waals surface area contributed by atoms with Crippen LogP contribution in [-0.4, -0.2) is 51.9 Å². The summed E-state index contributed by atoms with van der Waals surface area (Å²) >= 11 is 0. The van der Waals surface area contributed by atoms with E-state index in [2.05, 4.69) is 24.5 Å². The van der Waals surface area contributed by atoms with E-state index in [-0.39, 0.29) is 23.2 Å². The molecule has 1 aliphatic rings. The molecular weight excluding hydrogens is 374 g/mol. The first kappa shape index (κ1) is 22.9. The summed E-state index contributed by atoms with van der Waals surface area (Å²) in [5, 5.41) is 5.84. The molecule has 0 aliphatic carbocycles. The van der Waals surface area contributed by atoms with Crippen LogP contribution in [-0.2, 0) is 10.0 Å². The van der Waals surface area contributed by atoms with E-state index in [1.54, 1.807) is 22.5 Å². The molecule has 2 rings (SSSR count). The molecule has 0 spiro atoms. The van der Waals surface area contributed by atoms with Gasteiger partial charge >= 0.3 is 0 Å². The van der Waals surface area contributed by atoms with E-state index in [0.29, 0.717) is 37.0 Å². The molecule has 1 aromatic carbocycles. The number of sulfonamides is 1. The Morgan fingerprint density at radius 1 is 1.19 bits per heavy atom. The van der Waals surface area contributed by atoms with Gasteiger partial charge in [-0.2, -0.15) is 4.31 Å². The maximum atomic E-state index is 12.9. The number of piperidine rings is 1. The molecule has 1 heterocycles. The van der Waals surface area contributed by atoms with Crippen LogP contribution in [0.25, 0.3) is 0 Å². The van der Waals surface area contributed by atoms with Crippen molar-refractivity contribution in [3.05, 3.63) is 29.8 Å². The minimum absolute atomic E-state index is 0. The average Bonchev–Trinajstić information content (AvgIpc) is 2.58. The van der Waals surface area contributed by atoms with Crippen molar-refractivity contribution in [2.45, 2.75) is 31.6 Å². The van der Waals surface area contributed by atoms with Crippen molar-refractivity contribution in [2.75, 3.05) is 33.2 Å². The highest BCUT2D eigenvalue weighted by Crippen LogP contribution is 2.26. The summed E-state index contributed by atoms with van der Waals surface area (Å²) in [6, 6.07) is 6.32. The summed E-state index contributed by atoms with van der Waals surface area (Å²) in [6.45, 7) is 6.60. The third-order valence-corrected chi connectivity index (χ3v) is 6.29. The van der Waals surface area contributed by atoms with Crippen LogP contribution in [0, 0.1) is 11.8 Å². The maximum Gasteiger partial charge on any atom is 0.251 e. The molecule has 0 aromatic heterocycles. The second kappa shape index (κ2) is 10.3. The Bertz CT molecular complexity index is 687. The van der Waals surface area contributed by atoms with Crippen LogP contribution < -0.4 is 10.6 Å². The molecule has 2 atom stereocenters.